The molecule has 4 rings (SSSR count). The van der Waals surface area contributed by atoms with Crippen LogP contribution in [0, 0.1) is 0 Å². The Balaban J connectivity index is 1.42. The molecule has 0 saturated heterocycles. The van der Waals surface area contributed by atoms with Crippen LogP contribution in [0.25, 0.3) is 22.7 Å². The lowest BCUT2D eigenvalue weighted by atomic mass is 9.99. The Bertz CT molecular complexity index is 1170. The number of anilines is 1. The van der Waals surface area contributed by atoms with Gasteiger partial charge in [0, 0.05) is 11.8 Å². The molecule has 1 N–H and O–H groups in total. The van der Waals surface area contributed by atoms with Crippen LogP contribution >= 0.6 is 11.6 Å². The molecule has 0 aliphatic rings. The number of nitrogens with zero attached hydrogens (tertiary/aromatic N) is 2. The van der Waals surface area contributed by atoms with Crippen LogP contribution in [0.3, 0.4) is 0 Å². The average molecular weight is 436 g/mol. The van der Waals surface area contributed by atoms with Gasteiger partial charge in [-0.05, 0) is 60.4 Å². The molecule has 0 aliphatic carbocycles. The summed E-state index contributed by atoms with van der Waals surface area (Å²) in [4.78, 5) is 21.0. The van der Waals surface area contributed by atoms with E-state index in [0.717, 1.165) is 6.42 Å². The molecule has 31 heavy (non-hydrogen) atoms. The minimum absolute atomic E-state index is 0.129. The second-order valence-electron chi connectivity index (χ2n) is 7.25. The Morgan fingerprint density at radius 3 is 2.74 bits per heavy atom. The van der Waals surface area contributed by atoms with Crippen molar-refractivity contribution in [3.05, 3.63) is 71.4 Å². The largest absolute Gasteiger partial charge is 0.484 e. The second kappa shape index (κ2) is 9.18. The maximum absolute atomic E-state index is 12.4. The molecule has 6 nitrogen and oxygen atoms in total. The van der Waals surface area contributed by atoms with Gasteiger partial charge in [-0.2, -0.15) is 4.98 Å². The fourth-order valence-corrected chi connectivity index (χ4v) is 3.27. The summed E-state index contributed by atoms with van der Waals surface area (Å²) in [5.41, 5.74) is 3.49. The molecule has 7 heteroatoms. The summed E-state index contributed by atoms with van der Waals surface area (Å²) >= 11 is 6.27. The Hall–Kier alpha value is -3.38. The number of rotatable bonds is 7. The van der Waals surface area contributed by atoms with E-state index in [-0.39, 0.29) is 12.5 Å². The highest BCUT2D eigenvalue weighted by Crippen LogP contribution is 2.30. The van der Waals surface area contributed by atoms with Crippen molar-refractivity contribution in [1.82, 2.24) is 9.97 Å². The summed E-state index contributed by atoms with van der Waals surface area (Å²) in [6.45, 7) is 4.20. The van der Waals surface area contributed by atoms with Crippen molar-refractivity contribution in [2.45, 2.75) is 26.2 Å². The van der Waals surface area contributed by atoms with Gasteiger partial charge in [0.25, 0.3) is 5.91 Å². The van der Waals surface area contributed by atoms with Crippen LogP contribution in [0.5, 0.6) is 5.75 Å². The molecule has 2 aromatic heterocycles. The molecule has 2 aromatic carbocycles. The monoisotopic (exact) mass is 435 g/mol. The molecule has 0 bridgehead atoms. The van der Waals surface area contributed by atoms with Crippen molar-refractivity contribution >= 4 is 34.4 Å². The smallest absolute Gasteiger partial charge is 0.262 e. The predicted molar refractivity (Wildman–Crippen MR) is 122 cm³/mol. The Kier molecular flexibility index (Phi) is 6.18. The lowest BCUT2D eigenvalue weighted by molar-refractivity contribution is -0.118. The number of hydrogen-bond donors (Lipinski definition) is 1. The van der Waals surface area contributed by atoms with Crippen LogP contribution in [-0.4, -0.2) is 22.5 Å². The van der Waals surface area contributed by atoms with Crippen LogP contribution in [-0.2, 0) is 4.79 Å². The van der Waals surface area contributed by atoms with Crippen molar-refractivity contribution in [3.8, 4) is 17.2 Å². The number of oxazole rings is 1. The van der Waals surface area contributed by atoms with E-state index in [1.165, 1.54) is 5.56 Å². The fourth-order valence-electron chi connectivity index (χ4n) is 3.11. The van der Waals surface area contributed by atoms with E-state index in [9.17, 15) is 4.79 Å². The third kappa shape index (κ3) is 4.86. The van der Waals surface area contributed by atoms with Crippen LogP contribution in [0.1, 0.15) is 31.7 Å². The molecule has 4 aromatic rings. The molecule has 0 unspecified atom stereocenters. The lowest BCUT2D eigenvalue weighted by Crippen LogP contribution is -2.20. The third-order valence-electron chi connectivity index (χ3n) is 5.08. The molecule has 0 aliphatic heterocycles. The van der Waals surface area contributed by atoms with Crippen molar-refractivity contribution in [2.24, 2.45) is 0 Å². The maximum Gasteiger partial charge on any atom is 0.262 e. The first-order valence-electron chi connectivity index (χ1n) is 10.1. The van der Waals surface area contributed by atoms with Gasteiger partial charge in [0.2, 0.25) is 5.89 Å². The van der Waals surface area contributed by atoms with Crippen LogP contribution in [0.4, 0.5) is 5.69 Å². The molecular formula is C24H22ClN3O3. The lowest BCUT2D eigenvalue weighted by Gasteiger charge is -2.11. The van der Waals surface area contributed by atoms with Gasteiger partial charge >= 0.3 is 0 Å². The van der Waals surface area contributed by atoms with E-state index in [1.807, 2.05) is 24.3 Å². The number of ether oxygens (including phenoxy) is 1. The topological polar surface area (TPSA) is 77.2 Å². The standard InChI is InChI=1S/C24H22ClN3O3/c1-3-15(2)16-6-9-18(10-7-16)30-14-22(29)27-20-13-17(8-11-19(20)25)24-28-23-21(31-24)5-4-12-26-23/h4-13,15H,3,14H2,1-2H3,(H,27,29)/t15-/m1/s1. The minimum Gasteiger partial charge on any atom is -0.484 e. The Morgan fingerprint density at radius 2 is 2.00 bits per heavy atom. The summed E-state index contributed by atoms with van der Waals surface area (Å²) in [5.74, 6) is 1.22. The highest BCUT2D eigenvalue weighted by atomic mass is 35.5. The number of carbonyl (C=O) groups excluding carboxylic acids is 1. The normalized spacial score (nSPS) is 12.0. The quantitative estimate of drug-likeness (QED) is 0.381. The van der Waals surface area contributed by atoms with Gasteiger partial charge in [0.05, 0.1) is 10.7 Å². The third-order valence-corrected chi connectivity index (χ3v) is 5.41. The zero-order valence-electron chi connectivity index (χ0n) is 17.3. The number of nitrogens with one attached hydrogen (secondary N) is 1. The van der Waals surface area contributed by atoms with E-state index < -0.39 is 0 Å². The predicted octanol–water partition coefficient (Wildman–Crippen LogP) is 6.07. The van der Waals surface area contributed by atoms with Gasteiger partial charge in [-0.1, -0.05) is 37.6 Å². The van der Waals surface area contributed by atoms with Crippen LogP contribution < -0.4 is 10.1 Å². The Morgan fingerprint density at radius 1 is 1.19 bits per heavy atom. The number of fused-ring (bicyclic) bond motifs is 1. The number of pyridine rings is 1. The number of amides is 1. The zero-order valence-corrected chi connectivity index (χ0v) is 18.0. The molecule has 0 saturated carbocycles. The Labute approximate surface area is 185 Å². The number of halogens is 1. The van der Waals surface area contributed by atoms with E-state index in [2.05, 4.69) is 29.1 Å². The number of hydrogen-bond acceptors (Lipinski definition) is 5. The zero-order chi connectivity index (χ0) is 21.8. The van der Waals surface area contributed by atoms with Gasteiger partial charge in [-0.15, -0.1) is 0 Å². The van der Waals surface area contributed by atoms with Crippen LogP contribution in [0.2, 0.25) is 5.02 Å². The van der Waals surface area contributed by atoms with E-state index in [0.29, 0.717) is 45.1 Å². The highest BCUT2D eigenvalue weighted by Gasteiger charge is 2.13. The number of carbonyl (C=O) groups is 1. The fraction of sp³-hybridized carbons (Fsp3) is 0.208. The SMILES string of the molecule is CC[C@@H](C)c1ccc(OCC(=O)Nc2cc(-c3nc4ncccc4o3)ccc2Cl)cc1. The molecular weight excluding hydrogens is 414 g/mol. The van der Waals surface area contributed by atoms with Gasteiger partial charge in [0.1, 0.15) is 5.75 Å². The minimum atomic E-state index is -0.315. The van der Waals surface area contributed by atoms with Crippen molar-refractivity contribution in [1.29, 1.82) is 0 Å². The summed E-state index contributed by atoms with van der Waals surface area (Å²) < 4.78 is 11.3. The van der Waals surface area contributed by atoms with E-state index in [4.69, 9.17) is 20.8 Å². The van der Waals surface area contributed by atoms with E-state index in [1.54, 1.807) is 36.5 Å². The first-order chi connectivity index (χ1) is 15.0. The number of benzene rings is 2. The molecule has 2 heterocycles. The summed E-state index contributed by atoms with van der Waals surface area (Å²) in [6, 6.07) is 16.6. The van der Waals surface area contributed by atoms with Gasteiger partial charge < -0.3 is 14.5 Å². The van der Waals surface area contributed by atoms with E-state index >= 15 is 0 Å². The summed E-state index contributed by atoms with van der Waals surface area (Å²) in [7, 11) is 0. The molecule has 0 fully saturated rings. The molecule has 1 atom stereocenters. The summed E-state index contributed by atoms with van der Waals surface area (Å²) in [5, 5.41) is 3.19. The van der Waals surface area contributed by atoms with Crippen molar-refractivity contribution < 1.29 is 13.9 Å². The second-order valence-corrected chi connectivity index (χ2v) is 7.66. The van der Waals surface area contributed by atoms with Crippen molar-refractivity contribution in [3.63, 3.8) is 0 Å². The maximum atomic E-state index is 12.4. The van der Waals surface area contributed by atoms with Gasteiger partial charge in [0.15, 0.2) is 17.8 Å². The molecule has 0 spiro atoms. The average Bonchev–Trinajstić information content (AvgIpc) is 3.23. The number of aromatic nitrogens is 2. The molecule has 0 radical (unpaired) electrons. The highest BCUT2D eigenvalue weighted by molar-refractivity contribution is 6.33. The van der Waals surface area contributed by atoms with Gasteiger partial charge in [-0.25, -0.2) is 4.98 Å². The van der Waals surface area contributed by atoms with Crippen LogP contribution in [0.15, 0.2) is 65.2 Å². The molecule has 158 valence electrons. The van der Waals surface area contributed by atoms with Crippen molar-refractivity contribution in [2.75, 3.05) is 11.9 Å². The van der Waals surface area contributed by atoms with Gasteiger partial charge in [-0.3, -0.25) is 4.79 Å². The molecule has 1 amide bonds. The summed E-state index contributed by atoms with van der Waals surface area (Å²) in [6.07, 6.45) is 2.72. The first kappa shape index (κ1) is 20.9. The first-order valence-corrected chi connectivity index (χ1v) is 10.5.